The third-order valence-electron chi connectivity index (χ3n) is 4.81. The van der Waals surface area contributed by atoms with Crippen molar-refractivity contribution in [2.75, 3.05) is 11.9 Å². The summed E-state index contributed by atoms with van der Waals surface area (Å²) in [5.74, 6) is 0.800. The molecule has 112 valence electrons. The minimum atomic E-state index is 0.0512. The van der Waals surface area contributed by atoms with Crippen LogP contribution in [0.4, 0.5) is 5.69 Å². The van der Waals surface area contributed by atoms with Gasteiger partial charge in [0.1, 0.15) is 0 Å². The first kappa shape index (κ1) is 15.7. The second kappa shape index (κ2) is 5.95. The molecule has 2 nitrogen and oxygen atoms in total. The van der Waals surface area contributed by atoms with Crippen LogP contribution in [0, 0.1) is 11.3 Å². The molecule has 0 bridgehead atoms. The van der Waals surface area contributed by atoms with Crippen LogP contribution in [-0.4, -0.2) is 12.1 Å². The summed E-state index contributed by atoms with van der Waals surface area (Å²) in [4.78, 5) is 0. The molecule has 3 N–H and O–H groups in total. The molecule has 1 aromatic carbocycles. The van der Waals surface area contributed by atoms with Gasteiger partial charge in [-0.25, -0.2) is 0 Å². The predicted molar refractivity (Wildman–Crippen MR) is 88.3 cm³/mol. The van der Waals surface area contributed by atoms with Crippen molar-refractivity contribution in [3.63, 3.8) is 0 Å². The molecule has 2 rings (SSSR count). The van der Waals surface area contributed by atoms with Crippen LogP contribution in [0.1, 0.15) is 46.5 Å². The summed E-state index contributed by atoms with van der Waals surface area (Å²) in [6, 6.07) is 7.93. The zero-order valence-corrected chi connectivity index (χ0v) is 13.6. The van der Waals surface area contributed by atoms with Crippen LogP contribution in [0.2, 0.25) is 5.02 Å². The number of nitrogens with two attached hydrogens (primary N) is 1. The first-order valence-electron chi connectivity index (χ1n) is 7.58. The number of anilines is 1. The zero-order valence-electron chi connectivity index (χ0n) is 12.9. The number of benzene rings is 1. The Morgan fingerprint density at radius 1 is 1.20 bits per heavy atom. The highest BCUT2D eigenvalue weighted by molar-refractivity contribution is 6.30. The van der Waals surface area contributed by atoms with E-state index >= 15 is 0 Å². The normalized spacial score (nSPS) is 27.4. The van der Waals surface area contributed by atoms with Crippen LogP contribution in [0.25, 0.3) is 0 Å². The highest BCUT2D eigenvalue weighted by atomic mass is 35.5. The summed E-state index contributed by atoms with van der Waals surface area (Å²) < 4.78 is 0. The van der Waals surface area contributed by atoms with Crippen LogP contribution >= 0.6 is 11.6 Å². The quantitative estimate of drug-likeness (QED) is 0.849. The van der Waals surface area contributed by atoms with E-state index in [4.69, 9.17) is 17.3 Å². The van der Waals surface area contributed by atoms with Gasteiger partial charge in [-0.2, -0.15) is 0 Å². The molecule has 0 unspecified atom stereocenters. The first-order valence-corrected chi connectivity index (χ1v) is 7.96. The molecular formula is C17H27ClN2. The SMILES string of the molecule is CC(C)(C)C1CCC(CN)(Nc2ccc(Cl)cc2)CC1. The molecule has 1 aliphatic carbocycles. The van der Waals surface area contributed by atoms with Crippen molar-refractivity contribution in [2.45, 2.75) is 52.0 Å². The smallest absolute Gasteiger partial charge is 0.0495 e. The van der Waals surface area contributed by atoms with E-state index in [0.717, 1.165) is 29.5 Å². The highest BCUT2D eigenvalue weighted by Crippen LogP contribution is 2.42. The molecule has 0 saturated heterocycles. The number of hydrogen-bond donors (Lipinski definition) is 2. The molecule has 1 saturated carbocycles. The van der Waals surface area contributed by atoms with Gasteiger partial charge in [0.15, 0.2) is 0 Å². The molecule has 0 heterocycles. The average Bonchev–Trinajstić information content (AvgIpc) is 2.41. The summed E-state index contributed by atoms with van der Waals surface area (Å²) in [6.07, 6.45) is 4.80. The summed E-state index contributed by atoms with van der Waals surface area (Å²) in [6.45, 7) is 7.73. The third-order valence-corrected chi connectivity index (χ3v) is 5.06. The second-order valence-corrected chi connectivity index (χ2v) is 7.69. The molecule has 1 fully saturated rings. The Hall–Kier alpha value is -0.730. The monoisotopic (exact) mass is 294 g/mol. The summed E-state index contributed by atoms with van der Waals surface area (Å²) in [7, 11) is 0. The van der Waals surface area contributed by atoms with Crippen molar-refractivity contribution >= 4 is 17.3 Å². The number of rotatable bonds is 3. The molecule has 0 spiro atoms. The topological polar surface area (TPSA) is 38.0 Å². The van der Waals surface area contributed by atoms with Gasteiger partial charge in [0.2, 0.25) is 0 Å². The fourth-order valence-corrected chi connectivity index (χ4v) is 3.38. The fourth-order valence-electron chi connectivity index (χ4n) is 3.26. The summed E-state index contributed by atoms with van der Waals surface area (Å²) in [5, 5.41) is 4.43. The second-order valence-electron chi connectivity index (χ2n) is 7.26. The summed E-state index contributed by atoms with van der Waals surface area (Å²) >= 11 is 5.94. The third kappa shape index (κ3) is 3.67. The van der Waals surface area contributed by atoms with E-state index in [9.17, 15) is 0 Å². The Labute approximate surface area is 128 Å². The number of nitrogens with one attached hydrogen (secondary N) is 1. The fraction of sp³-hybridized carbons (Fsp3) is 0.647. The molecule has 0 aromatic heterocycles. The maximum absolute atomic E-state index is 6.08. The van der Waals surface area contributed by atoms with Crippen molar-refractivity contribution in [2.24, 2.45) is 17.1 Å². The van der Waals surface area contributed by atoms with E-state index in [1.807, 2.05) is 24.3 Å². The van der Waals surface area contributed by atoms with Gasteiger partial charge in [-0.05, 0) is 61.3 Å². The van der Waals surface area contributed by atoms with Gasteiger partial charge >= 0.3 is 0 Å². The summed E-state index contributed by atoms with van der Waals surface area (Å²) in [5.41, 5.74) is 7.66. The van der Waals surface area contributed by atoms with Crippen molar-refractivity contribution in [1.29, 1.82) is 0 Å². The van der Waals surface area contributed by atoms with E-state index in [0.29, 0.717) is 12.0 Å². The lowest BCUT2D eigenvalue weighted by Crippen LogP contribution is -2.49. The molecule has 0 aliphatic heterocycles. The molecular weight excluding hydrogens is 268 g/mol. The average molecular weight is 295 g/mol. The molecule has 20 heavy (non-hydrogen) atoms. The highest BCUT2D eigenvalue weighted by Gasteiger charge is 2.37. The van der Waals surface area contributed by atoms with Gasteiger partial charge in [0.05, 0.1) is 0 Å². The molecule has 0 atom stereocenters. The Balaban J connectivity index is 2.03. The first-order chi connectivity index (χ1) is 9.35. The van der Waals surface area contributed by atoms with Crippen molar-refractivity contribution < 1.29 is 0 Å². The van der Waals surface area contributed by atoms with Crippen LogP contribution in [0.15, 0.2) is 24.3 Å². The minimum absolute atomic E-state index is 0.0512. The lowest BCUT2D eigenvalue weighted by molar-refractivity contribution is 0.145. The van der Waals surface area contributed by atoms with Crippen LogP contribution in [-0.2, 0) is 0 Å². The van der Waals surface area contributed by atoms with E-state index in [-0.39, 0.29) is 5.54 Å². The number of halogens is 1. The van der Waals surface area contributed by atoms with Gasteiger partial charge in [0.25, 0.3) is 0 Å². The maximum atomic E-state index is 6.08. The van der Waals surface area contributed by atoms with Gasteiger partial charge in [-0.15, -0.1) is 0 Å². The molecule has 1 aromatic rings. The predicted octanol–water partition coefficient (Wildman–Crippen LogP) is 4.69. The lowest BCUT2D eigenvalue weighted by Gasteiger charge is -2.44. The molecule has 0 amide bonds. The maximum Gasteiger partial charge on any atom is 0.0495 e. The Bertz CT molecular complexity index is 425. The van der Waals surface area contributed by atoms with Crippen LogP contribution in [0.3, 0.4) is 0 Å². The van der Waals surface area contributed by atoms with Crippen LogP contribution in [0.5, 0.6) is 0 Å². The van der Waals surface area contributed by atoms with Gasteiger partial charge in [-0.1, -0.05) is 32.4 Å². The van der Waals surface area contributed by atoms with Crippen molar-refractivity contribution in [3.8, 4) is 0 Å². The van der Waals surface area contributed by atoms with Gasteiger partial charge < -0.3 is 11.1 Å². The van der Waals surface area contributed by atoms with Crippen molar-refractivity contribution in [3.05, 3.63) is 29.3 Å². The zero-order chi connectivity index (χ0) is 14.8. The van der Waals surface area contributed by atoms with Gasteiger partial charge in [-0.3, -0.25) is 0 Å². The minimum Gasteiger partial charge on any atom is -0.378 e. The van der Waals surface area contributed by atoms with E-state index in [2.05, 4.69) is 26.1 Å². The molecule has 3 heteroatoms. The van der Waals surface area contributed by atoms with Gasteiger partial charge in [0, 0.05) is 22.8 Å². The Morgan fingerprint density at radius 3 is 2.20 bits per heavy atom. The Morgan fingerprint density at radius 2 is 1.75 bits per heavy atom. The largest absolute Gasteiger partial charge is 0.378 e. The Kier molecular flexibility index (Phi) is 4.66. The van der Waals surface area contributed by atoms with Crippen molar-refractivity contribution in [1.82, 2.24) is 0 Å². The van der Waals surface area contributed by atoms with E-state index in [1.165, 1.54) is 12.8 Å². The van der Waals surface area contributed by atoms with Crippen LogP contribution < -0.4 is 11.1 Å². The molecule has 0 radical (unpaired) electrons. The standard InChI is InChI=1S/C17H27ClN2/c1-16(2,3)13-8-10-17(12-19,11-9-13)20-15-6-4-14(18)5-7-15/h4-7,13,20H,8-12,19H2,1-3H3. The molecule has 1 aliphatic rings. The van der Waals surface area contributed by atoms with E-state index < -0.39 is 0 Å². The lowest BCUT2D eigenvalue weighted by atomic mass is 9.67. The van der Waals surface area contributed by atoms with E-state index in [1.54, 1.807) is 0 Å². The number of hydrogen-bond acceptors (Lipinski definition) is 2.